The van der Waals surface area contributed by atoms with Crippen molar-refractivity contribution in [2.75, 3.05) is 18.5 Å². The quantitative estimate of drug-likeness (QED) is 0.622. The van der Waals surface area contributed by atoms with Gasteiger partial charge in [0.25, 0.3) is 6.43 Å². The third kappa shape index (κ3) is 4.53. The van der Waals surface area contributed by atoms with Gasteiger partial charge in [-0.2, -0.15) is 0 Å². The molecule has 0 aliphatic heterocycles. The summed E-state index contributed by atoms with van der Waals surface area (Å²) >= 11 is 0. The van der Waals surface area contributed by atoms with Gasteiger partial charge >= 0.3 is 0 Å². The number of hydrogen-bond donors (Lipinski definition) is 2. The van der Waals surface area contributed by atoms with Crippen molar-refractivity contribution in [3.05, 3.63) is 53.3 Å². The highest BCUT2D eigenvalue weighted by atomic mass is 19.3. The van der Waals surface area contributed by atoms with E-state index in [1.807, 2.05) is 0 Å². The van der Waals surface area contributed by atoms with Crippen LogP contribution in [0.2, 0.25) is 0 Å². The SMILES string of the molecule is Cc1nnn(-c2ccc(C(F)F)cc2)c1COc1ccc(NCCO)nn1. The number of anilines is 1. The monoisotopic (exact) mass is 376 g/mol. The van der Waals surface area contributed by atoms with E-state index in [4.69, 9.17) is 9.84 Å². The Bertz CT molecular complexity index is 868. The Morgan fingerprint density at radius 1 is 1.11 bits per heavy atom. The van der Waals surface area contributed by atoms with Crippen molar-refractivity contribution in [2.24, 2.45) is 0 Å². The van der Waals surface area contributed by atoms with Gasteiger partial charge in [-0.25, -0.2) is 13.5 Å². The first-order valence-electron chi connectivity index (χ1n) is 8.19. The van der Waals surface area contributed by atoms with Gasteiger partial charge in [0.05, 0.1) is 18.0 Å². The van der Waals surface area contributed by atoms with E-state index >= 15 is 0 Å². The van der Waals surface area contributed by atoms with E-state index in [0.717, 1.165) is 0 Å². The molecule has 0 spiro atoms. The number of aromatic nitrogens is 5. The second kappa shape index (κ2) is 8.49. The molecule has 0 amide bonds. The van der Waals surface area contributed by atoms with Crippen molar-refractivity contribution in [2.45, 2.75) is 20.0 Å². The lowest BCUT2D eigenvalue weighted by Gasteiger charge is -2.09. The van der Waals surface area contributed by atoms with Crippen molar-refractivity contribution >= 4 is 5.82 Å². The van der Waals surface area contributed by atoms with Gasteiger partial charge in [-0.05, 0) is 25.1 Å². The second-order valence-electron chi connectivity index (χ2n) is 5.62. The van der Waals surface area contributed by atoms with Crippen LogP contribution >= 0.6 is 0 Å². The summed E-state index contributed by atoms with van der Waals surface area (Å²) in [6.07, 6.45) is -2.52. The van der Waals surface area contributed by atoms with Crippen molar-refractivity contribution in [3.63, 3.8) is 0 Å². The fraction of sp³-hybridized carbons (Fsp3) is 0.294. The molecule has 0 saturated heterocycles. The zero-order chi connectivity index (χ0) is 19.2. The first-order valence-corrected chi connectivity index (χ1v) is 8.19. The van der Waals surface area contributed by atoms with Gasteiger partial charge in [-0.3, -0.25) is 0 Å². The lowest BCUT2D eigenvalue weighted by atomic mass is 10.2. The van der Waals surface area contributed by atoms with Gasteiger partial charge < -0.3 is 15.2 Å². The summed E-state index contributed by atoms with van der Waals surface area (Å²) in [7, 11) is 0. The molecule has 2 N–H and O–H groups in total. The normalized spacial score (nSPS) is 11.0. The fourth-order valence-electron chi connectivity index (χ4n) is 2.33. The number of aryl methyl sites for hydroxylation is 1. The molecule has 142 valence electrons. The van der Waals surface area contributed by atoms with Crippen LogP contribution in [0.4, 0.5) is 14.6 Å². The van der Waals surface area contributed by atoms with Crippen LogP contribution in [0.1, 0.15) is 23.4 Å². The topological polar surface area (TPSA) is 98.0 Å². The van der Waals surface area contributed by atoms with E-state index in [1.165, 1.54) is 16.8 Å². The number of nitrogens with zero attached hydrogens (tertiary/aromatic N) is 5. The number of ether oxygens (including phenoxy) is 1. The number of aliphatic hydroxyl groups excluding tert-OH is 1. The number of rotatable bonds is 8. The average molecular weight is 376 g/mol. The van der Waals surface area contributed by atoms with E-state index < -0.39 is 6.43 Å². The molecule has 0 radical (unpaired) electrons. The molecule has 27 heavy (non-hydrogen) atoms. The summed E-state index contributed by atoms with van der Waals surface area (Å²) in [5.74, 6) is 0.836. The predicted octanol–water partition coefficient (Wildman–Crippen LogP) is 2.29. The highest BCUT2D eigenvalue weighted by molar-refractivity contribution is 5.37. The number of alkyl halides is 2. The highest BCUT2D eigenvalue weighted by Gasteiger charge is 2.14. The van der Waals surface area contributed by atoms with Gasteiger partial charge in [0, 0.05) is 18.2 Å². The Balaban J connectivity index is 1.71. The summed E-state index contributed by atoms with van der Waals surface area (Å²) in [4.78, 5) is 0. The van der Waals surface area contributed by atoms with Crippen molar-refractivity contribution < 1.29 is 18.6 Å². The Labute approximate surface area is 153 Å². The van der Waals surface area contributed by atoms with Gasteiger partial charge in [-0.15, -0.1) is 15.3 Å². The molecule has 0 bridgehead atoms. The molecule has 10 heteroatoms. The van der Waals surface area contributed by atoms with Crippen LogP contribution in [-0.4, -0.2) is 43.4 Å². The Morgan fingerprint density at radius 2 is 1.89 bits per heavy atom. The van der Waals surface area contributed by atoms with Crippen LogP contribution in [0.5, 0.6) is 5.88 Å². The van der Waals surface area contributed by atoms with E-state index in [0.29, 0.717) is 35.3 Å². The molecule has 8 nitrogen and oxygen atoms in total. The third-order valence-corrected chi connectivity index (χ3v) is 3.76. The first-order chi connectivity index (χ1) is 13.1. The first kappa shape index (κ1) is 18.6. The minimum atomic E-state index is -2.52. The van der Waals surface area contributed by atoms with Crippen molar-refractivity contribution in [1.82, 2.24) is 25.2 Å². The maximum Gasteiger partial charge on any atom is 0.263 e. The predicted molar refractivity (Wildman–Crippen MR) is 93.0 cm³/mol. The molecule has 1 aromatic carbocycles. The van der Waals surface area contributed by atoms with Crippen LogP contribution < -0.4 is 10.1 Å². The average Bonchev–Trinajstić information content (AvgIpc) is 3.06. The number of hydrogen-bond acceptors (Lipinski definition) is 7. The number of halogens is 2. The maximum absolute atomic E-state index is 12.7. The number of aliphatic hydroxyl groups is 1. The Kier molecular flexibility index (Phi) is 5.87. The molecular formula is C17H18F2N6O2. The molecule has 2 aromatic heterocycles. The summed E-state index contributed by atoms with van der Waals surface area (Å²) in [6, 6.07) is 9.15. The summed E-state index contributed by atoms with van der Waals surface area (Å²) in [6.45, 7) is 2.29. The standard InChI is InChI=1S/C17H18F2N6O2/c1-11-14(10-27-16-7-6-15(22-23-16)20-8-9-26)25(24-21-11)13-4-2-12(3-5-13)17(18)19/h2-7,17,26H,8-10H2,1H3,(H,20,22). The van der Waals surface area contributed by atoms with Gasteiger partial charge in [0.2, 0.25) is 5.88 Å². The molecule has 0 unspecified atom stereocenters. The third-order valence-electron chi connectivity index (χ3n) is 3.76. The van der Waals surface area contributed by atoms with E-state index in [9.17, 15) is 8.78 Å². The van der Waals surface area contributed by atoms with E-state index in [-0.39, 0.29) is 18.8 Å². The fourth-order valence-corrected chi connectivity index (χ4v) is 2.33. The van der Waals surface area contributed by atoms with Crippen LogP contribution in [0.25, 0.3) is 5.69 Å². The zero-order valence-electron chi connectivity index (χ0n) is 14.5. The largest absolute Gasteiger partial charge is 0.470 e. The van der Waals surface area contributed by atoms with E-state index in [2.05, 4.69) is 25.8 Å². The maximum atomic E-state index is 12.7. The second-order valence-corrected chi connectivity index (χ2v) is 5.62. The highest BCUT2D eigenvalue weighted by Crippen LogP contribution is 2.21. The molecular weight excluding hydrogens is 358 g/mol. The molecule has 3 aromatic rings. The van der Waals surface area contributed by atoms with Crippen molar-refractivity contribution in [1.29, 1.82) is 0 Å². The van der Waals surface area contributed by atoms with Crippen LogP contribution in [0.3, 0.4) is 0 Å². The molecule has 0 aliphatic rings. The lowest BCUT2D eigenvalue weighted by Crippen LogP contribution is -2.09. The minimum Gasteiger partial charge on any atom is -0.470 e. The smallest absolute Gasteiger partial charge is 0.263 e. The van der Waals surface area contributed by atoms with Gasteiger partial charge in [-0.1, -0.05) is 17.3 Å². The van der Waals surface area contributed by atoms with Crippen molar-refractivity contribution in [3.8, 4) is 11.6 Å². The van der Waals surface area contributed by atoms with Gasteiger partial charge in [0.15, 0.2) is 0 Å². The molecule has 0 saturated carbocycles. The lowest BCUT2D eigenvalue weighted by molar-refractivity contribution is 0.151. The molecule has 2 heterocycles. The summed E-state index contributed by atoms with van der Waals surface area (Å²) in [5.41, 5.74) is 1.87. The summed E-state index contributed by atoms with van der Waals surface area (Å²) in [5, 5.41) is 27.6. The van der Waals surface area contributed by atoms with Crippen LogP contribution in [0.15, 0.2) is 36.4 Å². The van der Waals surface area contributed by atoms with E-state index in [1.54, 1.807) is 31.2 Å². The molecule has 0 fully saturated rings. The molecule has 0 aliphatic carbocycles. The summed E-state index contributed by atoms with van der Waals surface area (Å²) < 4.78 is 32.6. The Hall–Kier alpha value is -3.14. The Morgan fingerprint density at radius 3 is 2.52 bits per heavy atom. The minimum absolute atomic E-state index is 0.00547. The van der Waals surface area contributed by atoms with Gasteiger partial charge in [0.1, 0.15) is 18.1 Å². The zero-order valence-corrected chi connectivity index (χ0v) is 14.5. The molecule has 0 atom stereocenters. The number of nitrogens with one attached hydrogen (secondary N) is 1. The van der Waals surface area contributed by atoms with Crippen LogP contribution in [0, 0.1) is 6.92 Å². The molecule has 3 rings (SSSR count). The van der Waals surface area contributed by atoms with Crippen LogP contribution in [-0.2, 0) is 6.61 Å². The number of benzene rings is 1.